The molecule has 1 aliphatic carbocycles. The van der Waals surface area contributed by atoms with Gasteiger partial charge in [-0.15, -0.1) is 0 Å². The van der Waals surface area contributed by atoms with Crippen LogP contribution in [0.1, 0.15) is 31.4 Å². The van der Waals surface area contributed by atoms with Gasteiger partial charge in [-0.3, -0.25) is 0 Å². The summed E-state index contributed by atoms with van der Waals surface area (Å²) in [5, 5.41) is 2.51. The van der Waals surface area contributed by atoms with Crippen LogP contribution in [0, 0.1) is 0 Å². The molecule has 1 aromatic carbocycles. The maximum Gasteiger partial charge on any atom is 0.406 e. The summed E-state index contributed by atoms with van der Waals surface area (Å²) in [7, 11) is 0. The molecule has 3 N–H and O–H groups in total. The third kappa shape index (κ3) is 4.63. The zero-order valence-electron chi connectivity index (χ0n) is 11.7. The van der Waals surface area contributed by atoms with Crippen LogP contribution in [-0.2, 0) is 0 Å². The summed E-state index contributed by atoms with van der Waals surface area (Å²) in [6.07, 6.45) is -3.17. The van der Waals surface area contributed by atoms with Gasteiger partial charge < -0.3 is 16.0 Å². The smallest absolute Gasteiger partial charge is 0.324 e. The van der Waals surface area contributed by atoms with Gasteiger partial charge in [-0.1, -0.05) is 12.1 Å². The van der Waals surface area contributed by atoms with E-state index in [-0.39, 0.29) is 12.1 Å². The maximum atomic E-state index is 12.5. The summed E-state index contributed by atoms with van der Waals surface area (Å²) in [5.41, 5.74) is 7.00. The van der Waals surface area contributed by atoms with Crippen LogP contribution in [0.2, 0.25) is 0 Å². The van der Waals surface area contributed by atoms with Gasteiger partial charge in [-0.25, -0.2) is 4.79 Å². The number of amides is 2. The minimum absolute atomic E-state index is 0.212. The molecule has 21 heavy (non-hydrogen) atoms. The molecular formula is C14H18F3N3O. The van der Waals surface area contributed by atoms with Crippen molar-refractivity contribution >= 4 is 11.7 Å². The summed E-state index contributed by atoms with van der Waals surface area (Å²) in [6, 6.07) is 5.55. The van der Waals surface area contributed by atoms with Gasteiger partial charge in [0, 0.05) is 17.8 Å². The molecule has 1 fully saturated rings. The minimum Gasteiger partial charge on any atom is -0.324 e. The molecule has 0 spiro atoms. The number of alkyl halides is 3. The fourth-order valence-corrected chi connectivity index (χ4v) is 2.04. The molecule has 4 nitrogen and oxygen atoms in total. The Morgan fingerprint density at radius 3 is 2.67 bits per heavy atom. The molecule has 1 unspecified atom stereocenters. The monoisotopic (exact) mass is 301 g/mol. The van der Waals surface area contributed by atoms with E-state index in [0.717, 1.165) is 10.5 Å². The van der Waals surface area contributed by atoms with Crippen LogP contribution in [0.15, 0.2) is 24.3 Å². The standard InChI is InChI=1S/C14H18F3N3O/c1-9(18)10-3-2-4-11(7-10)19-13(21)20(12-5-6-12)8-14(15,16)17/h2-4,7,9,12H,5-6,8,18H2,1H3,(H,19,21). The summed E-state index contributed by atoms with van der Waals surface area (Å²) in [5.74, 6) is 0. The molecule has 1 aliphatic rings. The molecule has 116 valence electrons. The summed E-state index contributed by atoms with van der Waals surface area (Å²) in [4.78, 5) is 12.9. The van der Waals surface area contributed by atoms with Crippen molar-refractivity contribution in [1.29, 1.82) is 0 Å². The third-order valence-electron chi connectivity index (χ3n) is 3.26. The molecule has 0 aromatic heterocycles. The molecule has 1 saturated carbocycles. The summed E-state index contributed by atoms with van der Waals surface area (Å²) in [6.45, 7) is 0.567. The van der Waals surface area contributed by atoms with E-state index in [1.165, 1.54) is 0 Å². The highest BCUT2D eigenvalue weighted by atomic mass is 19.4. The second-order valence-electron chi connectivity index (χ2n) is 5.32. The van der Waals surface area contributed by atoms with E-state index < -0.39 is 18.8 Å². The quantitative estimate of drug-likeness (QED) is 0.896. The first kappa shape index (κ1) is 15.6. The van der Waals surface area contributed by atoms with E-state index >= 15 is 0 Å². The van der Waals surface area contributed by atoms with Crippen LogP contribution in [0.3, 0.4) is 0 Å². The number of nitrogens with one attached hydrogen (secondary N) is 1. The Morgan fingerprint density at radius 1 is 1.48 bits per heavy atom. The van der Waals surface area contributed by atoms with Crippen molar-refractivity contribution < 1.29 is 18.0 Å². The number of urea groups is 1. The van der Waals surface area contributed by atoms with E-state index in [9.17, 15) is 18.0 Å². The van der Waals surface area contributed by atoms with E-state index in [0.29, 0.717) is 18.5 Å². The van der Waals surface area contributed by atoms with Crippen molar-refractivity contribution in [3.63, 3.8) is 0 Å². The highest BCUT2D eigenvalue weighted by molar-refractivity contribution is 5.89. The highest BCUT2D eigenvalue weighted by Gasteiger charge is 2.40. The number of anilines is 1. The van der Waals surface area contributed by atoms with Crippen LogP contribution in [0.4, 0.5) is 23.7 Å². The number of nitrogens with zero attached hydrogens (tertiary/aromatic N) is 1. The number of carbonyl (C=O) groups excluding carboxylic acids is 1. The zero-order valence-corrected chi connectivity index (χ0v) is 11.7. The molecule has 2 amide bonds. The van der Waals surface area contributed by atoms with Crippen LogP contribution < -0.4 is 11.1 Å². The first-order chi connectivity index (χ1) is 9.76. The first-order valence-corrected chi connectivity index (χ1v) is 6.76. The molecule has 1 aromatic rings. The van der Waals surface area contributed by atoms with Gasteiger partial charge in [0.25, 0.3) is 0 Å². The van der Waals surface area contributed by atoms with Crippen molar-refractivity contribution in [2.45, 2.75) is 38.0 Å². The minimum atomic E-state index is -4.40. The summed E-state index contributed by atoms with van der Waals surface area (Å²) < 4.78 is 37.6. The van der Waals surface area contributed by atoms with Crippen LogP contribution in [-0.4, -0.2) is 29.7 Å². The predicted molar refractivity (Wildman–Crippen MR) is 73.8 cm³/mol. The Hall–Kier alpha value is -1.76. The molecule has 0 radical (unpaired) electrons. The fourth-order valence-electron chi connectivity index (χ4n) is 2.04. The van der Waals surface area contributed by atoms with Gasteiger partial charge in [0.05, 0.1) is 0 Å². The maximum absolute atomic E-state index is 12.5. The lowest BCUT2D eigenvalue weighted by Gasteiger charge is -2.24. The van der Waals surface area contributed by atoms with Gasteiger partial charge in [0.2, 0.25) is 0 Å². The van der Waals surface area contributed by atoms with E-state index in [1.807, 2.05) is 0 Å². The Kier molecular flexibility index (Phi) is 4.41. The van der Waals surface area contributed by atoms with Crippen LogP contribution >= 0.6 is 0 Å². The first-order valence-electron chi connectivity index (χ1n) is 6.76. The van der Waals surface area contributed by atoms with Crippen LogP contribution in [0.25, 0.3) is 0 Å². The van der Waals surface area contributed by atoms with Gasteiger partial charge in [0.1, 0.15) is 6.54 Å². The number of hydrogen-bond acceptors (Lipinski definition) is 2. The van der Waals surface area contributed by atoms with Gasteiger partial charge in [-0.05, 0) is 37.5 Å². The number of carbonyl (C=O) groups is 1. The van der Waals surface area contributed by atoms with Crippen LogP contribution in [0.5, 0.6) is 0 Å². The average Bonchev–Trinajstić information content (AvgIpc) is 3.19. The zero-order chi connectivity index (χ0) is 15.6. The highest BCUT2D eigenvalue weighted by Crippen LogP contribution is 2.30. The molecular weight excluding hydrogens is 283 g/mol. The lowest BCUT2D eigenvalue weighted by Crippen LogP contribution is -2.42. The van der Waals surface area contributed by atoms with Crippen molar-refractivity contribution in [3.8, 4) is 0 Å². The van der Waals surface area contributed by atoms with Gasteiger partial charge in [0.15, 0.2) is 0 Å². The Labute approximate surface area is 121 Å². The predicted octanol–water partition coefficient (Wildman–Crippen LogP) is 3.26. The topological polar surface area (TPSA) is 58.4 Å². The van der Waals surface area contributed by atoms with Crippen molar-refractivity contribution in [1.82, 2.24) is 4.90 Å². The van der Waals surface area contributed by atoms with Crippen molar-refractivity contribution in [3.05, 3.63) is 29.8 Å². The van der Waals surface area contributed by atoms with Crippen molar-refractivity contribution in [2.24, 2.45) is 5.73 Å². The summed E-state index contributed by atoms with van der Waals surface area (Å²) >= 11 is 0. The Morgan fingerprint density at radius 2 is 2.14 bits per heavy atom. The second kappa shape index (κ2) is 5.93. The third-order valence-corrected chi connectivity index (χ3v) is 3.26. The lowest BCUT2D eigenvalue weighted by molar-refractivity contribution is -0.140. The van der Waals surface area contributed by atoms with E-state index in [4.69, 9.17) is 5.73 Å². The molecule has 0 heterocycles. The lowest BCUT2D eigenvalue weighted by atomic mass is 10.1. The molecule has 0 aliphatic heterocycles. The van der Waals surface area contributed by atoms with Gasteiger partial charge >= 0.3 is 12.2 Å². The number of hydrogen-bond donors (Lipinski definition) is 2. The van der Waals surface area contributed by atoms with Crippen molar-refractivity contribution in [2.75, 3.05) is 11.9 Å². The normalized spacial score (nSPS) is 16.4. The van der Waals surface area contributed by atoms with E-state index in [1.54, 1.807) is 31.2 Å². The van der Waals surface area contributed by atoms with Gasteiger partial charge in [-0.2, -0.15) is 13.2 Å². The number of benzene rings is 1. The molecule has 0 saturated heterocycles. The number of halogens is 3. The largest absolute Gasteiger partial charge is 0.406 e. The Bertz CT molecular complexity index is 512. The molecule has 0 bridgehead atoms. The average molecular weight is 301 g/mol. The molecule has 1 atom stereocenters. The van der Waals surface area contributed by atoms with E-state index in [2.05, 4.69) is 5.32 Å². The molecule has 2 rings (SSSR count). The SMILES string of the molecule is CC(N)c1cccc(NC(=O)N(CC(F)(F)F)C2CC2)c1. The number of nitrogens with two attached hydrogens (primary N) is 1. The second-order valence-corrected chi connectivity index (χ2v) is 5.32. The number of rotatable bonds is 4. The Balaban J connectivity index is 2.06. The fraction of sp³-hybridized carbons (Fsp3) is 0.500. The molecule has 7 heteroatoms.